The van der Waals surface area contributed by atoms with E-state index in [-0.39, 0.29) is 5.92 Å². The second-order valence-electron chi connectivity index (χ2n) is 3.05. The van der Waals surface area contributed by atoms with Crippen molar-refractivity contribution in [3.05, 3.63) is 0 Å². The minimum Gasteiger partial charge on any atom is -0.207 e. The van der Waals surface area contributed by atoms with Crippen LogP contribution in [0.15, 0.2) is 0 Å². The Labute approximate surface area is 92.2 Å². The van der Waals surface area contributed by atoms with Gasteiger partial charge in [-0.15, -0.1) is 0 Å². The van der Waals surface area contributed by atoms with E-state index < -0.39 is 24.1 Å². The SMILES string of the molecule is CC(C)C#N.N#CC(F)(C(F)(F)F)C(F)(F)F. The van der Waals surface area contributed by atoms with Crippen LogP contribution in [0.25, 0.3) is 0 Å². The lowest BCUT2D eigenvalue weighted by Crippen LogP contribution is -2.51. The fraction of sp³-hybridized carbons (Fsp3) is 0.750. The van der Waals surface area contributed by atoms with Crippen LogP contribution in [0, 0.1) is 28.6 Å². The van der Waals surface area contributed by atoms with Gasteiger partial charge >= 0.3 is 18.0 Å². The molecule has 0 rings (SSSR count). The van der Waals surface area contributed by atoms with Gasteiger partial charge in [-0.25, -0.2) is 4.39 Å². The molecule has 0 fully saturated rings. The molecule has 98 valence electrons. The quantitative estimate of drug-likeness (QED) is 0.628. The summed E-state index contributed by atoms with van der Waals surface area (Å²) in [6, 6.07) is 1.57. The molecule has 0 aliphatic heterocycles. The van der Waals surface area contributed by atoms with E-state index in [9.17, 15) is 30.7 Å². The van der Waals surface area contributed by atoms with E-state index in [1.54, 1.807) is 0 Å². The molecule has 0 aromatic carbocycles. The molecule has 0 bridgehead atoms. The molecule has 0 aliphatic rings. The van der Waals surface area contributed by atoms with Crippen molar-refractivity contribution in [3.63, 3.8) is 0 Å². The van der Waals surface area contributed by atoms with Gasteiger partial charge in [0.2, 0.25) is 0 Å². The molecule has 0 saturated carbocycles. The molecule has 0 heterocycles. The summed E-state index contributed by atoms with van der Waals surface area (Å²) in [5.41, 5.74) is -5.78. The molecular weight excluding hydrogens is 257 g/mol. The third-order valence-corrected chi connectivity index (χ3v) is 1.19. The van der Waals surface area contributed by atoms with Crippen LogP contribution in [0.5, 0.6) is 0 Å². The van der Waals surface area contributed by atoms with Crippen LogP contribution in [0.1, 0.15) is 13.8 Å². The van der Waals surface area contributed by atoms with Gasteiger partial charge in [0.05, 0.1) is 6.07 Å². The summed E-state index contributed by atoms with van der Waals surface area (Å²) >= 11 is 0. The molecule has 0 spiro atoms. The van der Waals surface area contributed by atoms with Gasteiger partial charge in [-0.1, -0.05) is 0 Å². The van der Waals surface area contributed by atoms with Gasteiger partial charge in [0.15, 0.2) is 0 Å². The van der Waals surface area contributed by atoms with Crippen molar-refractivity contribution in [1.82, 2.24) is 0 Å². The summed E-state index contributed by atoms with van der Waals surface area (Å²) in [6.45, 7) is 3.72. The van der Waals surface area contributed by atoms with Gasteiger partial charge in [0.1, 0.15) is 6.07 Å². The maximum atomic E-state index is 11.9. The zero-order valence-electron chi connectivity index (χ0n) is 8.62. The maximum Gasteiger partial charge on any atom is 0.445 e. The number of rotatable bonds is 0. The van der Waals surface area contributed by atoms with Crippen molar-refractivity contribution < 1.29 is 30.7 Å². The minimum absolute atomic E-state index is 0.190. The first kappa shape index (κ1) is 17.9. The Morgan fingerprint density at radius 3 is 1.06 bits per heavy atom. The van der Waals surface area contributed by atoms with Crippen LogP contribution < -0.4 is 0 Å². The molecule has 0 aromatic rings. The minimum atomic E-state index is -6.26. The Morgan fingerprint density at radius 1 is 0.824 bits per heavy atom. The first-order chi connectivity index (χ1) is 7.33. The number of hydrogen-bond donors (Lipinski definition) is 0. The topological polar surface area (TPSA) is 47.6 Å². The highest BCUT2D eigenvalue weighted by Gasteiger charge is 2.73. The third kappa shape index (κ3) is 4.89. The first-order valence-electron chi connectivity index (χ1n) is 3.96. The summed E-state index contributed by atoms with van der Waals surface area (Å²) in [5.74, 6) is 0.190. The molecule has 17 heavy (non-hydrogen) atoms. The monoisotopic (exact) mass is 264 g/mol. The van der Waals surface area contributed by atoms with Gasteiger partial charge < -0.3 is 0 Å². The molecule has 0 saturated heterocycles. The van der Waals surface area contributed by atoms with E-state index >= 15 is 0 Å². The largest absolute Gasteiger partial charge is 0.445 e. The lowest BCUT2D eigenvalue weighted by Gasteiger charge is -2.22. The number of nitrogens with zero attached hydrogens (tertiary/aromatic N) is 2. The molecule has 0 aromatic heterocycles. The lowest BCUT2D eigenvalue weighted by molar-refractivity contribution is -0.318. The van der Waals surface area contributed by atoms with Crippen molar-refractivity contribution in [2.75, 3.05) is 0 Å². The lowest BCUT2D eigenvalue weighted by atomic mass is 10.1. The standard InChI is InChI=1S/C4F7N.C4H7N/c5-2(1-12,3(6,7)8)4(9,10)11;1-4(2)3-5/h;4H,1-2H3. The van der Waals surface area contributed by atoms with E-state index in [2.05, 4.69) is 0 Å². The molecule has 0 unspecified atom stereocenters. The van der Waals surface area contributed by atoms with Gasteiger partial charge in [-0.05, 0) is 13.8 Å². The van der Waals surface area contributed by atoms with Crippen LogP contribution in [0.4, 0.5) is 30.7 Å². The van der Waals surface area contributed by atoms with Gasteiger partial charge in [-0.2, -0.15) is 36.9 Å². The average Bonchev–Trinajstić information content (AvgIpc) is 2.13. The van der Waals surface area contributed by atoms with Crippen LogP contribution in [-0.2, 0) is 0 Å². The van der Waals surface area contributed by atoms with Crippen molar-refractivity contribution in [1.29, 1.82) is 10.5 Å². The summed E-state index contributed by atoms with van der Waals surface area (Å²) in [4.78, 5) is 0. The van der Waals surface area contributed by atoms with Crippen molar-refractivity contribution in [3.8, 4) is 12.1 Å². The predicted octanol–water partition coefficient (Wildman–Crippen LogP) is 3.51. The molecule has 0 amide bonds. The normalized spacial score (nSPS) is 12.2. The zero-order valence-corrected chi connectivity index (χ0v) is 8.62. The molecule has 0 atom stereocenters. The summed E-state index contributed by atoms with van der Waals surface area (Å²) in [6.07, 6.45) is -12.5. The Bertz CT molecular complexity index is 301. The van der Waals surface area contributed by atoms with Gasteiger partial charge in [0.25, 0.3) is 0 Å². The Kier molecular flexibility index (Phi) is 6.00. The van der Waals surface area contributed by atoms with E-state index in [1.165, 1.54) is 0 Å². The fourth-order valence-electron chi connectivity index (χ4n) is 0.287. The molecule has 9 heteroatoms. The Morgan fingerprint density at radius 2 is 1.06 bits per heavy atom. The average molecular weight is 264 g/mol. The summed E-state index contributed by atoms with van der Waals surface area (Å²) in [7, 11) is 0. The zero-order chi connectivity index (χ0) is 14.5. The van der Waals surface area contributed by atoms with Crippen molar-refractivity contribution in [2.45, 2.75) is 31.9 Å². The fourth-order valence-corrected chi connectivity index (χ4v) is 0.287. The summed E-state index contributed by atoms with van der Waals surface area (Å²) in [5, 5.41) is 15.3. The maximum absolute atomic E-state index is 11.9. The van der Waals surface area contributed by atoms with Crippen LogP contribution >= 0.6 is 0 Å². The van der Waals surface area contributed by atoms with Crippen LogP contribution in [0.3, 0.4) is 0 Å². The van der Waals surface area contributed by atoms with Crippen LogP contribution in [-0.4, -0.2) is 18.0 Å². The van der Waals surface area contributed by atoms with E-state index in [1.807, 2.05) is 19.9 Å². The molecule has 0 radical (unpaired) electrons. The third-order valence-electron chi connectivity index (χ3n) is 1.19. The molecular formula is C8H7F7N2. The number of nitriles is 2. The highest BCUT2D eigenvalue weighted by molar-refractivity contribution is 5.11. The molecule has 0 N–H and O–H groups in total. The van der Waals surface area contributed by atoms with Gasteiger partial charge in [0, 0.05) is 5.92 Å². The van der Waals surface area contributed by atoms with Crippen molar-refractivity contribution >= 4 is 0 Å². The smallest absolute Gasteiger partial charge is 0.207 e. The number of hydrogen-bond acceptors (Lipinski definition) is 2. The van der Waals surface area contributed by atoms with E-state index in [0.29, 0.717) is 0 Å². The Hall–Kier alpha value is -1.51. The molecule has 0 aliphatic carbocycles. The van der Waals surface area contributed by atoms with E-state index in [0.717, 1.165) is 0 Å². The highest BCUT2D eigenvalue weighted by atomic mass is 19.4. The highest BCUT2D eigenvalue weighted by Crippen LogP contribution is 2.45. The van der Waals surface area contributed by atoms with Gasteiger partial charge in [-0.3, -0.25) is 0 Å². The summed E-state index contributed by atoms with van der Waals surface area (Å²) < 4.78 is 79.6. The molecule has 2 nitrogen and oxygen atoms in total. The number of halogens is 7. The predicted molar refractivity (Wildman–Crippen MR) is 42.0 cm³/mol. The number of alkyl halides is 7. The van der Waals surface area contributed by atoms with Crippen LogP contribution in [0.2, 0.25) is 0 Å². The Balaban J connectivity index is 0. The van der Waals surface area contributed by atoms with E-state index in [4.69, 9.17) is 10.5 Å². The second-order valence-corrected chi connectivity index (χ2v) is 3.05. The van der Waals surface area contributed by atoms with Crippen molar-refractivity contribution in [2.24, 2.45) is 5.92 Å². The first-order valence-corrected chi connectivity index (χ1v) is 3.96. The second kappa shape index (κ2) is 5.71.